The Balaban J connectivity index is 2.45. The van der Waals surface area contributed by atoms with Crippen molar-refractivity contribution >= 4 is 0 Å². The van der Waals surface area contributed by atoms with Gasteiger partial charge in [0, 0.05) is 6.42 Å². The standard InChI is InChI=1S/C13H22O/c1-4-5-6-11(2)12-7-9-13(14-3)10-8-12/h7,9,11H,4-6,8,10H2,1-3H3. The van der Waals surface area contributed by atoms with Crippen molar-refractivity contribution in [1.82, 2.24) is 0 Å². The summed E-state index contributed by atoms with van der Waals surface area (Å²) in [4.78, 5) is 0. The van der Waals surface area contributed by atoms with Gasteiger partial charge in [-0.05, 0) is 24.8 Å². The molecule has 80 valence electrons. The van der Waals surface area contributed by atoms with E-state index in [2.05, 4.69) is 26.0 Å². The Labute approximate surface area is 87.8 Å². The van der Waals surface area contributed by atoms with Gasteiger partial charge in [-0.15, -0.1) is 0 Å². The van der Waals surface area contributed by atoms with Crippen molar-refractivity contribution in [1.29, 1.82) is 0 Å². The summed E-state index contributed by atoms with van der Waals surface area (Å²) >= 11 is 0. The van der Waals surface area contributed by atoms with Crippen LogP contribution in [0, 0.1) is 5.92 Å². The lowest BCUT2D eigenvalue weighted by molar-refractivity contribution is 0.274. The fourth-order valence-corrected chi connectivity index (χ4v) is 1.91. The van der Waals surface area contributed by atoms with Crippen LogP contribution in [0.5, 0.6) is 0 Å². The van der Waals surface area contributed by atoms with Crippen molar-refractivity contribution in [3.63, 3.8) is 0 Å². The first-order valence-electron chi connectivity index (χ1n) is 5.71. The van der Waals surface area contributed by atoms with Crippen LogP contribution in [0.1, 0.15) is 46.0 Å². The van der Waals surface area contributed by atoms with Crippen LogP contribution in [-0.2, 0) is 4.74 Å². The van der Waals surface area contributed by atoms with E-state index in [1.807, 2.05) is 0 Å². The van der Waals surface area contributed by atoms with Crippen molar-refractivity contribution in [2.24, 2.45) is 5.92 Å². The molecule has 1 rings (SSSR count). The second-order valence-electron chi connectivity index (χ2n) is 4.12. The SMILES string of the molecule is CCCCC(C)C1=CC=C(OC)CC1. The Hall–Kier alpha value is -0.720. The molecule has 0 radical (unpaired) electrons. The highest BCUT2D eigenvalue weighted by Crippen LogP contribution is 2.27. The van der Waals surface area contributed by atoms with Crippen LogP contribution >= 0.6 is 0 Å². The summed E-state index contributed by atoms with van der Waals surface area (Å²) in [5.41, 5.74) is 1.60. The lowest BCUT2D eigenvalue weighted by atomic mass is 9.89. The molecule has 1 nitrogen and oxygen atoms in total. The first-order chi connectivity index (χ1) is 6.77. The third-order valence-corrected chi connectivity index (χ3v) is 3.03. The molecule has 0 N–H and O–H groups in total. The molecule has 1 unspecified atom stereocenters. The zero-order valence-corrected chi connectivity index (χ0v) is 9.68. The maximum Gasteiger partial charge on any atom is 0.0958 e. The molecule has 0 aromatic heterocycles. The van der Waals surface area contributed by atoms with Crippen LogP contribution in [0.3, 0.4) is 0 Å². The van der Waals surface area contributed by atoms with Crippen LogP contribution in [-0.4, -0.2) is 7.11 Å². The summed E-state index contributed by atoms with van der Waals surface area (Å²) in [5, 5.41) is 0. The van der Waals surface area contributed by atoms with Gasteiger partial charge in [-0.3, -0.25) is 0 Å². The molecule has 1 heteroatoms. The Kier molecular flexibility index (Phi) is 4.78. The molecule has 0 bridgehead atoms. The van der Waals surface area contributed by atoms with Crippen LogP contribution < -0.4 is 0 Å². The van der Waals surface area contributed by atoms with E-state index in [4.69, 9.17) is 4.74 Å². The Bertz CT molecular complexity index is 225. The third kappa shape index (κ3) is 3.21. The smallest absolute Gasteiger partial charge is 0.0958 e. The molecule has 0 saturated carbocycles. The maximum atomic E-state index is 5.22. The van der Waals surface area contributed by atoms with Gasteiger partial charge >= 0.3 is 0 Å². The first-order valence-corrected chi connectivity index (χ1v) is 5.71. The average molecular weight is 194 g/mol. The van der Waals surface area contributed by atoms with E-state index in [9.17, 15) is 0 Å². The lowest BCUT2D eigenvalue weighted by Gasteiger charge is -2.19. The lowest BCUT2D eigenvalue weighted by Crippen LogP contribution is -2.04. The normalized spacial score (nSPS) is 18.5. The number of rotatable bonds is 5. The second-order valence-corrected chi connectivity index (χ2v) is 4.12. The fraction of sp³-hybridized carbons (Fsp3) is 0.692. The number of unbranched alkanes of at least 4 members (excludes halogenated alkanes) is 1. The molecule has 0 heterocycles. The van der Waals surface area contributed by atoms with Crippen LogP contribution in [0.4, 0.5) is 0 Å². The number of ether oxygens (including phenoxy) is 1. The predicted octanol–water partition coefficient (Wildman–Crippen LogP) is 4.06. The molecular formula is C13H22O. The molecule has 1 aliphatic carbocycles. The maximum absolute atomic E-state index is 5.22. The highest BCUT2D eigenvalue weighted by Gasteiger charge is 2.12. The molecule has 0 spiro atoms. The van der Waals surface area contributed by atoms with Gasteiger partial charge in [0.25, 0.3) is 0 Å². The molecule has 0 amide bonds. The summed E-state index contributed by atoms with van der Waals surface area (Å²) in [5.74, 6) is 1.88. The first kappa shape index (κ1) is 11.4. The molecule has 0 fully saturated rings. The monoisotopic (exact) mass is 194 g/mol. The van der Waals surface area contributed by atoms with E-state index < -0.39 is 0 Å². The zero-order chi connectivity index (χ0) is 10.4. The summed E-state index contributed by atoms with van der Waals surface area (Å²) < 4.78 is 5.22. The van der Waals surface area contributed by atoms with Gasteiger partial charge in [-0.2, -0.15) is 0 Å². The molecule has 14 heavy (non-hydrogen) atoms. The third-order valence-electron chi connectivity index (χ3n) is 3.03. The predicted molar refractivity (Wildman–Crippen MR) is 61.1 cm³/mol. The largest absolute Gasteiger partial charge is 0.501 e. The summed E-state index contributed by atoms with van der Waals surface area (Å²) in [6, 6.07) is 0. The van der Waals surface area contributed by atoms with E-state index in [0.717, 1.165) is 18.1 Å². The van der Waals surface area contributed by atoms with E-state index >= 15 is 0 Å². The van der Waals surface area contributed by atoms with Gasteiger partial charge in [0.15, 0.2) is 0 Å². The number of hydrogen-bond donors (Lipinski definition) is 0. The van der Waals surface area contributed by atoms with Gasteiger partial charge in [-0.25, -0.2) is 0 Å². The molecule has 0 aromatic rings. The van der Waals surface area contributed by atoms with Gasteiger partial charge in [0.1, 0.15) is 0 Å². The van der Waals surface area contributed by atoms with Gasteiger partial charge in [0.2, 0.25) is 0 Å². The molecule has 0 aliphatic heterocycles. The average Bonchev–Trinajstić information content (AvgIpc) is 2.26. The second kappa shape index (κ2) is 5.90. The van der Waals surface area contributed by atoms with Crippen LogP contribution in [0.25, 0.3) is 0 Å². The highest BCUT2D eigenvalue weighted by atomic mass is 16.5. The fourth-order valence-electron chi connectivity index (χ4n) is 1.91. The van der Waals surface area contributed by atoms with E-state index in [-0.39, 0.29) is 0 Å². The molecular weight excluding hydrogens is 172 g/mol. The Morgan fingerprint density at radius 1 is 1.36 bits per heavy atom. The van der Waals surface area contributed by atoms with Crippen molar-refractivity contribution in [2.75, 3.05) is 7.11 Å². The minimum absolute atomic E-state index is 0.754. The van der Waals surface area contributed by atoms with Crippen molar-refractivity contribution in [3.8, 4) is 0 Å². The number of allylic oxidation sites excluding steroid dienone is 4. The number of methoxy groups -OCH3 is 1. The topological polar surface area (TPSA) is 9.23 Å². The number of hydrogen-bond acceptors (Lipinski definition) is 1. The Morgan fingerprint density at radius 3 is 2.64 bits per heavy atom. The minimum Gasteiger partial charge on any atom is -0.501 e. The summed E-state index contributed by atoms with van der Waals surface area (Å²) in [6.07, 6.45) is 10.6. The summed E-state index contributed by atoms with van der Waals surface area (Å²) in [6.45, 7) is 4.60. The quantitative estimate of drug-likeness (QED) is 0.641. The molecule has 1 atom stereocenters. The summed E-state index contributed by atoms with van der Waals surface area (Å²) in [7, 11) is 1.76. The minimum atomic E-state index is 0.754. The molecule has 1 aliphatic rings. The molecule has 0 aromatic carbocycles. The highest BCUT2D eigenvalue weighted by molar-refractivity contribution is 5.22. The van der Waals surface area contributed by atoms with Crippen LogP contribution in [0.2, 0.25) is 0 Å². The van der Waals surface area contributed by atoms with E-state index in [1.165, 1.54) is 25.7 Å². The van der Waals surface area contributed by atoms with Crippen molar-refractivity contribution in [3.05, 3.63) is 23.5 Å². The van der Waals surface area contributed by atoms with Crippen LogP contribution in [0.15, 0.2) is 23.5 Å². The van der Waals surface area contributed by atoms with Gasteiger partial charge in [0.05, 0.1) is 12.9 Å². The Morgan fingerprint density at radius 2 is 2.14 bits per heavy atom. The van der Waals surface area contributed by atoms with E-state index in [0.29, 0.717) is 0 Å². The van der Waals surface area contributed by atoms with Gasteiger partial charge in [-0.1, -0.05) is 38.3 Å². The zero-order valence-electron chi connectivity index (χ0n) is 9.68. The van der Waals surface area contributed by atoms with E-state index in [1.54, 1.807) is 12.7 Å². The van der Waals surface area contributed by atoms with Crippen molar-refractivity contribution in [2.45, 2.75) is 46.0 Å². The van der Waals surface area contributed by atoms with Gasteiger partial charge < -0.3 is 4.74 Å². The molecule has 0 saturated heterocycles. The van der Waals surface area contributed by atoms with Crippen molar-refractivity contribution < 1.29 is 4.74 Å².